The molecule has 4 atom stereocenters. The molecule has 212 valence electrons. The number of carbonyl (C=O) groups is 4. The fourth-order valence-corrected chi connectivity index (χ4v) is 5.59. The molecule has 0 aromatic heterocycles. The lowest BCUT2D eigenvalue weighted by Crippen LogP contribution is -2.41. The highest BCUT2D eigenvalue weighted by atomic mass is 16.6. The van der Waals surface area contributed by atoms with Crippen LogP contribution >= 0.6 is 0 Å². The minimum Gasteiger partial charge on any atom is -0.493 e. The van der Waals surface area contributed by atoms with Gasteiger partial charge in [0.2, 0.25) is 5.75 Å². The van der Waals surface area contributed by atoms with E-state index in [-0.39, 0.29) is 28.8 Å². The van der Waals surface area contributed by atoms with Crippen molar-refractivity contribution in [1.82, 2.24) is 0 Å². The summed E-state index contributed by atoms with van der Waals surface area (Å²) in [6, 6.07) is 3.10. The van der Waals surface area contributed by atoms with Crippen LogP contribution in [-0.4, -0.2) is 79.6 Å². The number of esters is 3. The first-order valence-corrected chi connectivity index (χ1v) is 11.8. The number of Topliss-reactive ketones (excluding diaryl/α,β-unsaturated/α-hetero) is 1. The van der Waals surface area contributed by atoms with Crippen molar-refractivity contribution in [2.24, 2.45) is 17.3 Å². The van der Waals surface area contributed by atoms with Crippen molar-refractivity contribution < 1.29 is 57.1 Å². The molecule has 12 nitrogen and oxygen atoms in total. The summed E-state index contributed by atoms with van der Waals surface area (Å²) < 4.78 is 43.2. The highest BCUT2D eigenvalue weighted by molar-refractivity contribution is 6.07. The van der Waals surface area contributed by atoms with E-state index in [1.54, 1.807) is 12.1 Å². The lowest BCUT2D eigenvalue weighted by atomic mass is 9.68. The van der Waals surface area contributed by atoms with E-state index in [1.807, 2.05) is 0 Å². The van der Waals surface area contributed by atoms with Crippen LogP contribution in [0.3, 0.4) is 0 Å². The van der Waals surface area contributed by atoms with E-state index in [9.17, 15) is 19.2 Å². The van der Waals surface area contributed by atoms with Gasteiger partial charge in [-0.3, -0.25) is 19.2 Å². The molecular weight excluding hydrogens is 516 g/mol. The second-order valence-corrected chi connectivity index (χ2v) is 8.83. The van der Waals surface area contributed by atoms with Crippen LogP contribution in [0.2, 0.25) is 0 Å². The van der Waals surface area contributed by atoms with Crippen LogP contribution in [0.25, 0.3) is 0 Å². The standard InChI is InChI=1S/C27H32O12/c1-13(28)39-23-15(32-2)9-14(10-16(23)33-3)21-19(25(30)37-7)20(26(31)38-8)24(36-6)27(21)11-17(34-4)22(29)18(12-27)35-5/h9-12,19-21,24H,1-8H3/t19-,20-,21+,24+/m0/s1. The third-order valence-corrected chi connectivity index (χ3v) is 7.04. The first kappa shape index (κ1) is 29.5. The molecule has 2 aliphatic rings. The van der Waals surface area contributed by atoms with Gasteiger partial charge in [-0.2, -0.15) is 0 Å². The van der Waals surface area contributed by atoms with Crippen LogP contribution in [0.5, 0.6) is 17.2 Å². The Hall–Kier alpha value is -4.06. The zero-order valence-corrected chi connectivity index (χ0v) is 23.0. The summed E-state index contributed by atoms with van der Waals surface area (Å²) in [4.78, 5) is 51.4. The fourth-order valence-electron chi connectivity index (χ4n) is 5.59. The fraction of sp³-hybridized carbons (Fsp3) is 0.481. The second-order valence-electron chi connectivity index (χ2n) is 8.83. The molecule has 1 fully saturated rings. The molecule has 0 heterocycles. The van der Waals surface area contributed by atoms with E-state index >= 15 is 0 Å². The van der Waals surface area contributed by atoms with Gasteiger partial charge in [-0.05, 0) is 29.8 Å². The predicted molar refractivity (Wildman–Crippen MR) is 133 cm³/mol. The Kier molecular flexibility index (Phi) is 8.90. The number of carbonyl (C=O) groups excluding carboxylic acids is 4. The number of hydrogen-bond donors (Lipinski definition) is 0. The molecule has 1 saturated carbocycles. The van der Waals surface area contributed by atoms with E-state index in [4.69, 9.17) is 37.9 Å². The van der Waals surface area contributed by atoms with Crippen LogP contribution in [0, 0.1) is 17.3 Å². The maximum atomic E-state index is 13.4. The first-order chi connectivity index (χ1) is 18.6. The summed E-state index contributed by atoms with van der Waals surface area (Å²) in [7, 11) is 9.14. The lowest BCUT2D eigenvalue weighted by Gasteiger charge is -2.38. The van der Waals surface area contributed by atoms with E-state index in [1.165, 1.54) is 68.8 Å². The highest BCUT2D eigenvalue weighted by Gasteiger charge is 2.66. The summed E-state index contributed by atoms with van der Waals surface area (Å²) in [5.41, 5.74) is -0.966. The molecule has 0 unspecified atom stereocenters. The molecule has 0 amide bonds. The molecule has 0 N–H and O–H groups in total. The second kappa shape index (κ2) is 11.8. The molecule has 1 aromatic carbocycles. The zero-order valence-electron chi connectivity index (χ0n) is 23.0. The van der Waals surface area contributed by atoms with Crippen LogP contribution in [0.15, 0.2) is 35.8 Å². The molecule has 0 aliphatic heterocycles. The maximum Gasteiger partial charge on any atom is 0.312 e. The van der Waals surface area contributed by atoms with Crippen molar-refractivity contribution in [3.63, 3.8) is 0 Å². The van der Waals surface area contributed by atoms with E-state index < -0.39 is 53.0 Å². The van der Waals surface area contributed by atoms with Gasteiger partial charge in [-0.1, -0.05) is 0 Å². The molecule has 1 aromatic rings. The molecule has 39 heavy (non-hydrogen) atoms. The molecule has 0 bridgehead atoms. The van der Waals surface area contributed by atoms with Gasteiger partial charge in [-0.25, -0.2) is 0 Å². The zero-order chi connectivity index (χ0) is 29.1. The average Bonchev–Trinajstić information content (AvgIpc) is 3.21. The van der Waals surface area contributed by atoms with Gasteiger partial charge in [0.25, 0.3) is 5.78 Å². The topological polar surface area (TPSA) is 142 Å². The Morgan fingerprint density at radius 2 is 1.23 bits per heavy atom. The Bertz CT molecular complexity index is 1160. The Labute approximate surface area is 225 Å². The highest BCUT2D eigenvalue weighted by Crippen LogP contribution is 2.62. The largest absolute Gasteiger partial charge is 0.493 e. The van der Waals surface area contributed by atoms with Gasteiger partial charge in [0.1, 0.15) is 0 Å². The summed E-state index contributed by atoms with van der Waals surface area (Å²) in [5, 5.41) is 0. The summed E-state index contributed by atoms with van der Waals surface area (Å²) in [6.07, 6.45) is 1.97. The SMILES string of the molecule is COC(=O)[C@H]1[C@H](C(=O)OC)[C@@H](c2cc(OC)c(OC(C)=O)c(OC)c2)C2(C=C(OC)C(=O)C(OC)=C2)[C@@H]1OC. The van der Waals surface area contributed by atoms with Crippen LogP contribution in [-0.2, 0) is 42.9 Å². The minimum absolute atomic E-state index is 0.0193. The molecule has 0 saturated heterocycles. The molecule has 0 radical (unpaired) electrons. The Balaban J connectivity index is 2.48. The van der Waals surface area contributed by atoms with Gasteiger partial charge < -0.3 is 37.9 Å². The number of hydrogen-bond acceptors (Lipinski definition) is 12. The van der Waals surface area contributed by atoms with Crippen molar-refractivity contribution in [2.75, 3.05) is 49.8 Å². The van der Waals surface area contributed by atoms with Crippen LogP contribution in [0.1, 0.15) is 18.4 Å². The van der Waals surface area contributed by atoms with Crippen molar-refractivity contribution >= 4 is 23.7 Å². The lowest BCUT2D eigenvalue weighted by molar-refractivity contribution is -0.160. The van der Waals surface area contributed by atoms with Crippen molar-refractivity contribution in [2.45, 2.75) is 18.9 Å². The quantitative estimate of drug-likeness (QED) is 0.329. The monoisotopic (exact) mass is 548 g/mol. The van der Waals surface area contributed by atoms with Crippen LogP contribution < -0.4 is 14.2 Å². The normalized spacial score (nSPS) is 23.3. The smallest absolute Gasteiger partial charge is 0.312 e. The number of benzene rings is 1. The molecule has 12 heteroatoms. The molecule has 2 aliphatic carbocycles. The van der Waals surface area contributed by atoms with Crippen molar-refractivity contribution in [1.29, 1.82) is 0 Å². The predicted octanol–water partition coefficient (Wildman–Crippen LogP) is 1.95. The van der Waals surface area contributed by atoms with Crippen LogP contribution in [0.4, 0.5) is 0 Å². The summed E-state index contributed by atoms with van der Waals surface area (Å²) in [5.74, 6) is -5.81. The number of ether oxygens (including phenoxy) is 8. The first-order valence-electron chi connectivity index (χ1n) is 11.8. The van der Waals surface area contributed by atoms with Crippen molar-refractivity contribution in [3.05, 3.63) is 41.4 Å². The Morgan fingerprint density at radius 1 is 0.744 bits per heavy atom. The summed E-state index contributed by atoms with van der Waals surface area (Å²) in [6.45, 7) is 1.23. The van der Waals surface area contributed by atoms with E-state index in [0.29, 0.717) is 5.56 Å². The van der Waals surface area contributed by atoms with E-state index in [0.717, 1.165) is 0 Å². The number of ketones is 1. The maximum absolute atomic E-state index is 13.4. The van der Waals surface area contributed by atoms with Gasteiger partial charge >= 0.3 is 17.9 Å². The third-order valence-electron chi connectivity index (χ3n) is 7.04. The van der Waals surface area contributed by atoms with Gasteiger partial charge in [0, 0.05) is 25.4 Å². The van der Waals surface area contributed by atoms with Gasteiger partial charge in [0.05, 0.1) is 60.6 Å². The number of methoxy groups -OCH3 is 7. The molecule has 1 spiro atoms. The minimum atomic E-state index is -1.38. The third kappa shape index (κ3) is 4.91. The Morgan fingerprint density at radius 3 is 1.62 bits per heavy atom. The molecular formula is C27H32O12. The van der Waals surface area contributed by atoms with Crippen molar-refractivity contribution in [3.8, 4) is 17.2 Å². The van der Waals surface area contributed by atoms with Gasteiger partial charge in [0.15, 0.2) is 23.0 Å². The number of rotatable bonds is 9. The summed E-state index contributed by atoms with van der Waals surface area (Å²) >= 11 is 0. The van der Waals surface area contributed by atoms with E-state index in [2.05, 4.69) is 0 Å². The van der Waals surface area contributed by atoms with Gasteiger partial charge in [-0.15, -0.1) is 0 Å². The average molecular weight is 549 g/mol. The molecule has 3 rings (SSSR count).